The molecule has 2 aromatic heterocycles. The summed E-state index contributed by atoms with van der Waals surface area (Å²) in [5.41, 5.74) is 0.478. The molecule has 1 aliphatic carbocycles. The summed E-state index contributed by atoms with van der Waals surface area (Å²) in [5.74, 6) is 0.00164. The van der Waals surface area contributed by atoms with Crippen LogP contribution >= 0.6 is 0 Å². The van der Waals surface area contributed by atoms with Crippen LogP contribution in [0, 0.1) is 5.41 Å². The zero-order chi connectivity index (χ0) is 20.1. The summed E-state index contributed by atoms with van der Waals surface area (Å²) in [6.45, 7) is 1.43. The summed E-state index contributed by atoms with van der Waals surface area (Å²) in [5, 5.41) is 14.9. The fourth-order valence-corrected chi connectivity index (χ4v) is 4.27. The van der Waals surface area contributed by atoms with Gasteiger partial charge in [0.15, 0.2) is 0 Å². The Morgan fingerprint density at radius 1 is 1.14 bits per heavy atom. The number of fused-ring (bicyclic) bond motifs is 1. The molecule has 0 bridgehead atoms. The molecule has 2 heterocycles. The van der Waals surface area contributed by atoms with Crippen molar-refractivity contribution in [3.8, 4) is 0 Å². The zero-order valence-corrected chi connectivity index (χ0v) is 16.3. The first-order valence-electron chi connectivity index (χ1n) is 10.1. The summed E-state index contributed by atoms with van der Waals surface area (Å²) in [7, 11) is 0. The fourth-order valence-electron chi connectivity index (χ4n) is 4.27. The van der Waals surface area contributed by atoms with Crippen molar-refractivity contribution in [2.75, 3.05) is 6.54 Å². The number of nitrogens with zero attached hydrogens (tertiary/aromatic N) is 6. The van der Waals surface area contributed by atoms with E-state index < -0.39 is 0 Å². The monoisotopic (exact) mass is 395 g/mol. The Morgan fingerprint density at radius 3 is 2.76 bits per heavy atom. The molecule has 0 saturated heterocycles. The van der Waals surface area contributed by atoms with Gasteiger partial charge >= 0.3 is 0 Å². The summed E-state index contributed by atoms with van der Waals surface area (Å²) >= 11 is 0. The van der Waals surface area contributed by atoms with Crippen LogP contribution in [0.15, 0.2) is 41.7 Å². The molecule has 1 fully saturated rings. The number of amides is 1. The van der Waals surface area contributed by atoms with Crippen LogP contribution in [0.2, 0.25) is 0 Å². The molecule has 3 aromatic rings. The Balaban J connectivity index is 1.36. The minimum Gasteiger partial charge on any atom is -0.354 e. The first-order chi connectivity index (χ1) is 14.2. The van der Waals surface area contributed by atoms with Gasteiger partial charge in [-0.15, -0.1) is 5.10 Å². The first-order valence-corrected chi connectivity index (χ1v) is 10.1. The van der Waals surface area contributed by atoms with Crippen molar-refractivity contribution in [1.82, 2.24) is 35.1 Å². The third-order valence-corrected chi connectivity index (χ3v) is 5.75. The molecule has 152 valence electrons. The number of hydrogen-bond donors (Lipinski definition) is 1. The number of aromatic nitrogens is 6. The van der Waals surface area contributed by atoms with Crippen molar-refractivity contribution in [2.45, 2.75) is 51.6 Å². The molecule has 1 aromatic carbocycles. The van der Waals surface area contributed by atoms with Crippen molar-refractivity contribution in [2.24, 2.45) is 5.41 Å². The molecule has 9 heteroatoms. The summed E-state index contributed by atoms with van der Waals surface area (Å²) in [6.07, 6.45) is 9.02. The second-order valence-corrected chi connectivity index (χ2v) is 7.86. The number of rotatable bonds is 7. The number of carbonyl (C=O) groups excluding carboxylic acids is 1. The minimum atomic E-state index is -0.112. The van der Waals surface area contributed by atoms with E-state index in [1.165, 1.54) is 12.7 Å². The Labute approximate surface area is 168 Å². The van der Waals surface area contributed by atoms with E-state index in [2.05, 4.69) is 25.8 Å². The highest BCUT2D eigenvalue weighted by molar-refractivity contribution is 5.77. The van der Waals surface area contributed by atoms with Gasteiger partial charge < -0.3 is 5.32 Å². The van der Waals surface area contributed by atoms with Crippen LogP contribution in [0.25, 0.3) is 10.9 Å². The maximum absolute atomic E-state index is 12.7. The molecule has 9 nitrogen and oxygen atoms in total. The van der Waals surface area contributed by atoms with Crippen LogP contribution in [-0.4, -0.2) is 42.2 Å². The van der Waals surface area contributed by atoms with Crippen LogP contribution in [0.1, 0.15) is 38.5 Å². The van der Waals surface area contributed by atoms with E-state index in [0.29, 0.717) is 37.0 Å². The second-order valence-electron chi connectivity index (χ2n) is 7.86. The normalized spacial score (nSPS) is 16.0. The largest absolute Gasteiger partial charge is 0.354 e. The number of carbonyl (C=O) groups is 1. The van der Waals surface area contributed by atoms with Crippen LogP contribution in [0.5, 0.6) is 0 Å². The number of nitrogens with one attached hydrogen (secondary N) is 1. The van der Waals surface area contributed by atoms with Crippen LogP contribution in [-0.2, 0) is 17.9 Å². The van der Waals surface area contributed by atoms with Gasteiger partial charge in [-0.05, 0) is 40.8 Å². The van der Waals surface area contributed by atoms with Gasteiger partial charge in [0.25, 0.3) is 5.56 Å². The van der Waals surface area contributed by atoms with Crippen molar-refractivity contribution in [3.05, 3.63) is 47.3 Å². The molecule has 29 heavy (non-hydrogen) atoms. The lowest BCUT2D eigenvalue weighted by molar-refractivity contribution is -0.124. The van der Waals surface area contributed by atoms with E-state index in [4.69, 9.17) is 0 Å². The summed E-state index contributed by atoms with van der Waals surface area (Å²) in [6, 6.07) is 7.27. The fraction of sp³-hybridized carbons (Fsp3) is 0.500. The highest BCUT2D eigenvalue weighted by atomic mass is 16.1. The maximum Gasteiger partial charge on any atom is 0.261 e. The first kappa shape index (κ1) is 19.2. The Morgan fingerprint density at radius 2 is 1.97 bits per heavy atom. The molecular weight excluding hydrogens is 370 g/mol. The summed E-state index contributed by atoms with van der Waals surface area (Å²) in [4.78, 5) is 29.5. The molecule has 0 unspecified atom stereocenters. The predicted molar refractivity (Wildman–Crippen MR) is 107 cm³/mol. The van der Waals surface area contributed by atoms with E-state index in [9.17, 15) is 9.59 Å². The van der Waals surface area contributed by atoms with Gasteiger partial charge in [0.1, 0.15) is 6.33 Å². The van der Waals surface area contributed by atoms with E-state index in [-0.39, 0.29) is 16.9 Å². The topological polar surface area (TPSA) is 108 Å². The van der Waals surface area contributed by atoms with E-state index in [0.717, 1.165) is 25.7 Å². The zero-order valence-electron chi connectivity index (χ0n) is 16.3. The predicted octanol–water partition coefficient (Wildman–Crippen LogP) is 1.54. The summed E-state index contributed by atoms with van der Waals surface area (Å²) < 4.78 is 3.26. The molecule has 1 N–H and O–H groups in total. The molecule has 0 atom stereocenters. The third-order valence-electron chi connectivity index (χ3n) is 5.75. The van der Waals surface area contributed by atoms with Crippen LogP contribution < -0.4 is 10.9 Å². The van der Waals surface area contributed by atoms with Gasteiger partial charge in [-0.2, -0.15) is 0 Å². The second kappa shape index (κ2) is 8.50. The van der Waals surface area contributed by atoms with Crippen molar-refractivity contribution in [1.29, 1.82) is 0 Å². The van der Waals surface area contributed by atoms with E-state index >= 15 is 0 Å². The van der Waals surface area contributed by atoms with Gasteiger partial charge in [-0.1, -0.05) is 31.4 Å². The minimum absolute atomic E-state index is 0.00164. The third kappa shape index (κ3) is 4.49. The van der Waals surface area contributed by atoms with Crippen molar-refractivity contribution >= 4 is 16.8 Å². The molecule has 4 rings (SSSR count). The van der Waals surface area contributed by atoms with Gasteiger partial charge in [0.2, 0.25) is 5.91 Å². The van der Waals surface area contributed by atoms with Crippen LogP contribution in [0.4, 0.5) is 0 Å². The Hall–Kier alpha value is -3.10. The van der Waals surface area contributed by atoms with E-state index in [1.54, 1.807) is 21.6 Å². The molecule has 0 radical (unpaired) electrons. The smallest absolute Gasteiger partial charge is 0.261 e. The average molecular weight is 395 g/mol. The number of para-hydroxylation sites is 1. The number of hydrogen-bond acceptors (Lipinski definition) is 6. The standard InChI is InChI=1S/C20H25N7O2/c28-18(12-20(8-4-1-5-9-20)13-27-15-23-24-25-27)21-10-11-26-14-22-17-7-3-2-6-16(17)19(26)29/h2-3,6-7,14-15H,1,4-5,8-13H2,(H,21,28). The lowest BCUT2D eigenvalue weighted by atomic mass is 9.71. The Bertz CT molecular complexity index is 1020. The van der Waals surface area contributed by atoms with Crippen molar-refractivity contribution < 1.29 is 4.79 Å². The highest BCUT2D eigenvalue weighted by Crippen LogP contribution is 2.40. The quantitative estimate of drug-likeness (QED) is 0.650. The lowest BCUT2D eigenvalue weighted by Crippen LogP contribution is -2.38. The van der Waals surface area contributed by atoms with Gasteiger partial charge in [-0.25, -0.2) is 9.67 Å². The number of tetrazole rings is 1. The molecule has 1 amide bonds. The number of benzene rings is 1. The van der Waals surface area contributed by atoms with Gasteiger partial charge in [0, 0.05) is 19.5 Å². The van der Waals surface area contributed by atoms with E-state index in [1.807, 2.05) is 18.2 Å². The average Bonchev–Trinajstić information content (AvgIpc) is 3.23. The molecule has 1 saturated carbocycles. The maximum atomic E-state index is 12.7. The molecule has 1 aliphatic rings. The van der Waals surface area contributed by atoms with Crippen LogP contribution in [0.3, 0.4) is 0 Å². The molecule has 0 aliphatic heterocycles. The van der Waals surface area contributed by atoms with Crippen molar-refractivity contribution in [3.63, 3.8) is 0 Å². The van der Waals surface area contributed by atoms with Gasteiger partial charge in [0.05, 0.1) is 23.8 Å². The lowest BCUT2D eigenvalue weighted by Gasteiger charge is -2.36. The van der Waals surface area contributed by atoms with Gasteiger partial charge in [-0.3, -0.25) is 14.2 Å². The molecule has 0 spiro atoms. The highest BCUT2D eigenvalue weighted by Gasteiger charge is 2.35. The SMILES string of the molecule is O=C(CC1(Cn2cnnn2)CCCCC1)NCCn1cnc2ccccc2c1=O. The molecular formula is C20H25N7O2. The Kier molecular flexibility index (Phi) is 5.64.